The third kappa shape index (κ3) is 3.45. The molecule has 9 aromatic rings. The van der Waals surface area contributed by atoms with Gasteiger partial charge in [0.25, 0.3) is 0 Å². The second-order valence-corrected chi connectivity index (χ2v) is 11.0. The summed E-state index contributed by atoms with van der Waals surface area (Å²) in [5.41, 5.74) is 5.20. The summed E-state index contributed by atoms with van der Waals surface area (Å²) in [6.45, 7) is 0. The highest BCUT2D eigenvalue weighted by Crippen LogP contribution is 2.43. The zero-order valence-corrected chi connectivity index (χ0v) is 22.8. The number of hydrogen-bond acceptors (Lipinski definition) is 2. The minimum atomic E-state index is 0.913. The summed E-state index contributed by atoms with van der Waals surface area (Å²) in [4.78, 5) is 2.39. The molecule has 1 aromatic heterocycles. The van der Waals surface area contributed by atoms with Gasteiger partial charge in [0, 0.05) is 27.5 Å². The van der Waals surface area contributed by atoms with Gasteiger partial charge in [-0.15, -0.1) is 0 Å². The number of para-hydroxylation sites is 2. The Morgan fingerprint density at radius 2 is 1.05 bits per heavy atom. The number of hydrogen-bond donors (Lipinski definition) is 0. The summed E-state index contributed by atoms with van der Waals surface area (Å²) in [7, 11) is 0. The zero-order chi connectivity index (χ0) is 27.6. The Kier molecular flexibility index (Phi) is 4.93. The third-order valence-electron chi connectivity index (χ3n) is 8.58. The monoisotopic (exact) mass is 535 g/mol. The second kappa shape index (κ2) is 8.95. The van der Waals surface area contributed by atoms with Crippen LogP contribution in [0, 0.1) is 0 Å². The van der Waals surface area contributed by atoms with E-state index in [1.807, 2.05) is 12.1 Å². The van der Waals surface area contributed by atoms with Gasteiger partial charge >= 0.3 is 0 Å². The van der Waals surface area contributed by atoms with Crippen molar-refractivity contribution < 1.29 is 4.42 Å². The van der Waals surface area contributed by atoms with Crippen LogP contribution in [0.3, 0.4) is 0 Å². The quantitative estimate of drug-likeness (QED) is 0.209. The standard InChI is InChI=1S/C40H25NO/c1-2-11-30(12-3-1)41(37-15-8-10-29-23-39-36(25-34(29)37)33-14-6-7-16-38(33)42-39)31-22-21-27-18-20-28-19-17-26-9-4-5-13-32(26)40(28)35(27)24-31/h1-25H. The Bertz CT molecular complexity index is 2470. The first-order valence-corrected chi connectivity index (χ1v) is 14.4. The molecule has 0 bridgehead atoms. The van der Waals surface area contributed by atoms with E-state index in [9.17, 15) is 0 Å². The van der Waals surface area contributed by atoms with Crippen molar-refractivity contribution >= 4 is 82.1 Å². The highest BCUT2D eigenvalue weighted by Gasteiger charge is 2.18. The highest BCUT2D eigenvalue weighted by molar-refractivity contribution is 6.21. The molecule has 196 valence electrons. The Morgan fingerprint density at radius 1 is 0.357 bits per heavy atom. The number of nitrogens with zero attached hydrogens (tertiary/aromatic N) is 1. The van der Waals surface area contributed by atoms with Crippen LogP contribution in [0.1, 0.15) is 0 Å². The molecule has 0 fully saturated rings. The molecule has 9 rings (SSSR count). The molecule has 0 spiro atoms. The van der Waals surface area contributed by atoms with E-state index in [4.69, 9.17) is 4.42 Å². The minimum absolute atomic E-state index is 0.913. The van der Waals surface area contributed by atoms with Crippen molar-refractivity contribution in [2.75, 3.05) is 4.90 Å². The highest BCUT2D eigenvalue weighted by atomic mass is 16.3. The molecule has 2 heteroatoms. The molecule has 0 atom stereocenters. The molecule has 0 unspecified atom stereocenters. The van der Waals surface area contributed by atoms with Crippen molar-refractivity contribution in [2.45, 2.75) is 0 Å². The molecular formula is C40H25NO. The molecule has 2 nitrogen and oxygen atoms in total. The molecule has 1 heterocycles. The Morgan fingerprint density at radius 3 is 1.93 bits per heavy atom. The van der Waals surface area contributed by atoms with Crippen molar-refractivity contribution in [3.8, 4) is 0 Å². The Hall–Kier alpha value is -5.60. The summed E-state index contributed by atoms with van der Waals surface area (Å²) in [6.07, 6.45) is 0. The van der Waals surface area contributed by atoms with Crippen LogP contribution in [0.15, 0.2) is 156 Å². The van der Waals surface area contributed by atoms with Crippen LogP contribution < -0.4 is 4.90 Å². The smallest absolute Gasteiger partial charge is 0.136 e. The molecule has 0 saturated heterocycles. The van der Waals surface area contributed by atoms with Gasteiger partial charge in [0.15, 0.2) is 0 Å². The maximum absolute atomic E-state index is 6.24. The van der Waals surface area contributed by atoms with E-state index in [0.29, 0.717) is 0 Å². The third-order valence-corrected chi connectivity index (χ3v) is 8.58. The van der Waals surface area contributed by atoms with Crippen molar-refractivity contribution in [3.63, 3.8) is 0 Å². The van der Waals surface area contributed by atoms with E-state index >= 15 is 0 Å². The maximum atomic E-state index is 6.24. The number of rotatable bonds is 3. The molecule has 0 aliphatic rings. The van der Waals surface area contributed by atoms with Gasteiger partial charge in [-0.2, -0.15) is 0 Å². The molecule has 0 saturated carbocycles. The van der Waals surface area contributed by atoms with Crippen LogP contribution in [0.5, 0.6) is 0 Å². The molecule has 8 aromatic carbocycles. The first-order chi connectivity index (χ1) is 20.8. The van der Waals surface area contributed by atoms with Crippen LogP contribution in [0.4, 0.5) is 17.1 Å². The van der Waals surface area contributed by atoms with Gasteiger partial charge in [-0.1, -0.05) is 103 Å². The fourth-order valence-electron chi connectivity index (χ4n) is 6.63. The van der Waals surface area contributed by atoms with Crippen LogP contribution in [-0.2, 0) is 0 Å². The molecule has 0 aliphatic carbocycles. The van der Waals surface area contributed by atoms with Crippen molar-refractivity contribution in [1.29, 1.82) is 0 Å². The molecule has 0 N–H and O–H groups in total. The van der Waals surface area contributed by atoms with E-state index in [0.717, 1.165) is 44.4 Å². The van der Waals surface area contributed by atoms with Crippen molar-refractivity contribution in [1.82, 2.24) is 0 Å². The molecule has 0 aliphatic heterocycles. The van der Waals surface area contributed by atoms with E-state index < -0.39 is 0 Å². The molecule has 42 heavy (non-hydrogen) atoms. The van der Waals surface area contributed by atoms with Gasteiger partial charge in [-0.25, -0.2) is 0 Å². The summed E-state index contributed by atoms with van der Waals surface area (Å²) < 4.78 is 6.24. The van der Waals surface area contributed by atoms with E-state index in [1.54, 1.807) is 0 Å². The lowest BCUT2D eigenvalue weighted by atomic mass is 9.96. The fourth-order valence-corrected chi connectivity index (χ4v) is 6.63. The van der Waals surface area contributed by atoms with Gasteiger partial charge in [-0.05, 0) is 86.2 Å². The van der Waals surface area contributed by atoms with Gasteiger partial charge in [0.1, 0.15) is 11.2 Å². The largest absolute Gasteiger partial charge is 0.456 e. The predicted molar refractivity (Wildman–Crippen MR) is 178 cm³/mol. The maximum Gasteiger partial charge on any atom is 0.136 e. The van der Waals surface area contributed by atoms with Crippen LogP contribution in [-0.4, -0.2) is 0 Å². The molecule has 0 amide bonds. The number of fused-ring (bicyclic) bond motifs is 9. The first kappa shape index (κ1) is 23.1. The van der Waals surface area contributed by atoms with Gasteiger partial charge < -0.3 is 9.32 Å². The minimum Gasteiger partial charge on any atom is -0.456 e. The summed E-state index contributed by atoms with van der Waals surface area (Å²) >= 11 is 0. The topological polar surface area (TPSA) is 16.4 Å². The van der Waals surface area contributed by atoms with Crippen LogP contribution >= 0.6 is 0 Å². The second-order valence-electron chi connectivity index (χ2n) is 11.0. The van der Waals surface area contributed by atoms with Crippen LogP contribution in [0.25, 0.3) is 65.0 Å². The Labute approximate surface area is 242 Å². The van der Waals surface area contributed by atoms with Crippen molar-refractivity contribution in [3.05, 3.63) is 152 Å². The zero-order valence-electron chi connectivity index (χ0n) is 22.8. The SMILES string of the molecule is c1ccc(N(c2ccc3ccc4ccc5ccccc5c4c3c2)c2cccc3cc4oc5ccccc5c4cc23)cc1. The lowest BCUT2D eigenvalue weighted by molar-refractivity contribution is 0.669. The Balaban J connectivity index is 1.35. The summed E-state index contributed by atoms with van der Waals surface area (Å²) in [5, 5.41) is 12.2. The lowest BCUT2D eigenvalue weighted by Gasteiger charge is -2.27. The van der Waals surface area contributed by atoms with E-state index in [2.05, 4.69) is 144 Å². The normalized spacial score (nSPS) is 11.8. The van der Waals surface area contributed by atoms with E-state index in [1.165, 1.54) is 37.7 Å². The average molecular weight is 536 g/mol. The van der Waals surface area contributed by atoms with Gasteiger partial charge in [-0.3, -0.25) is 0 Å². The van der Waals surface area contributed by atoms with Gasteiger partial charge in [0.2, 0.25) is 0 Å². The lowest BCUT2D eigenvalue weighted by Crippen LogP contribution is -2.10. The molecule has 0 radical (unpaired) electrons. The van der Waals surface area contributed by atoms with Crippen LogP contribution in [0.2, 0.25) is 0 Å². The predicted octanol–water partition coefficient (Wildman–Crippen LogP) is 11.7. The van der Waals surface area contributed by atoms with Crippen molar-refractivity contribution in [2.24, 2.45) is 0 Å². The number of benzene rings is 8. The number of furan rings is 1. The first-order valence-electron chi connectivity index (χ1n) is 14.4. The number of anilines is 3. The summed E-state index contributed by atoms with van der Waals surface area (Å²) in [6, 6.07) is 54.5. The van der Waals surface area contributed by atoms with E-state index in [-0.39, 0.29) is 0 Å². The summed E-state index contributed by atoms with van der Waals surface area (Å²) in [5.74, 6) is 0. The van der Waals surface area contributed by atoms with Gasteiger partial charge in [0.05, 0.1) is 5.69 Å². The molecular weight excluding hydrogens is 510 g/mol. The fraction of sp³-hybridized carbons (Fsp3) is 0. The average Bonchev–Trinajstić information content (AvgIpc) is 3.41.